The molecule has 9 heteroatoms. The molecule has 0 radical (unpaired) electrons. The average Bonchev–Trinajstić information content (AvgIpc) is 3.33. The number of hydrogen-bond acceptors (Lipinski definition) is 7. The van der Waals surface area contributed by atoms with E-state index in [1.807, 2.05) is 29.2 Å². The normalized spacial score (nSPS) is 17.7. The number of anilines is 2. The molecule has 29 heavy (non-hydrogen) atoms. The van der Waals surface area contributed by atoms with E-state index < -0.39 is 9.84 Å². The van der Waals surface area contributed by atoms with Crippen LogP contribution in [0.15, 0.2) is 36.4 Å². The molecule has 7 nitrogen and oxygen atoms in total. The fourth-order valence-electron chi connectivity index (χ4n) is 3.56. The van der Waals surface area contributed by atoms with Crippen LogP contribution in [0.3, 0.4) is 0 Å². The van der Waals surface area contributed by atoms with E-state index in [0.29, 0.717) is 25.3 Å². The average molecular weight is 430 g/mol. The molecule has 1 saturated heterocycles. The molecule has 2 aliphatic heterocycles. The lowest BCUT2D eigenvalue weighted by molar-refractivity contribution is 0.102. The van der Waals surface area contributed by atoms with Crippen LogP contribution in [0.25, 0.3) is 10.2 Å². The van der Waals surface area contributed by atoms with Crippen molar-refractivity contribution < 1.29 is 17.9 Å². The van der Waals surface area contributed by atoms with E-state index in [0.717, 1.165) is 38.8 Å². The largest absolute Gasteiger partial charge is 0.493 e. The minimum Gasteiger partial charge on any atom is -0.493 e. The number of sulfone groups is 1. The first-order chi connectivity index (χ1) is 14.0. The molecule has 3 heterocycles. The van der Waals surface area contributed by atoms with Crippen LogP contribution in [0.2, 0.25) is 0 Å². The van der Waals surface area contributed by atoms with Crippen LogP contribution in [0.1, 0.15) is 15.9 Å². The van der Waals surface area contributed by atoms with Crippen molar-refractivity contribution in [3.05, 3.63) is 47.5 Å². The first-order valence-electron chi connectivity index (χ1n) is 9.40. The Bertz CT molecular complexity index is 1210. The third kappa shape index (κ3) is 3.67. The number of fused-ring (bicyclic) bond motifs is 2. The molecule has 5 rings (SSSR count). The number of nitrogens with one attached hydrogen (secondary N) is 1. The lowest BCUT2D eigenvalue weighted by Gasteiger charge is -2.25. The highest BCUT2D eigenvalue weighted by molar-refractivity contribution is 7.91. The minimum absolute atomic E-state index is 0.155. The van der Waals surface area contributed by atoms with Crippen molar-refractivity contribution in [1.29, 1.82) is 0 Å². The van der Waals surface area contributed by atoms with Crippen molar-refractivity contribution in [3.63, 3.8) is 0 Å². The van der Waals surface area contributed by atoms with Gasteiger partial charge in [-0.25, -0.2) is 13.4 Å². The number of aromatic nitrogens is 1. The van der Waals surface area contributed by atoms with Gasteiger partial charge in [-0.1, -0.05) is 11.3 Å². The van der Waals surface area contributed by atoms with Crippen molar-refractivity contribution in [2.45, 2.75) is 6.42 Å². The number of amides is 1. The second-order valence-corrected chi connectivity index (χ2v) is 10.5. The molecular formula is C20H19N3O4S2. The molecular weight excluding hydrogens is 410 g/mol. The number of hydrogen-bond donors (Lipinski definition) is 1. The predicted octanol–water partition coefficient (Wildman–Crippen LogP) is 2.72. The fraction of sp³-hybridized carbons (Fsp3) is 0.300. The van der Waals surface area contributed by atoms with Gasteiger partial charge in [0.15, 0.2) is 15.0 Å². The molecule has 1 amide bonds. The van der Waals surface area contributed by atoms with E-state index in [4.69, 9.17) is 4.74 Å². The molecule has 0 saturated carbocycles. The Balaban J connectivity index is 1.35. The minimum atomic E-state index is -2.93. The quantitative estimate of drug-likeness (QED) is 0.689. The summed E-state index contributed by atoms with van der Waals surface area (Å²) in [7, 11) is -2.93. The summed E-state index contributed by atoms with van der Waals surface area (Å²) >= 11 is 1.52. The van der Waals surface area contributed by atoms with Crippen LogP contribution >= 0.6 is 11.3 Å². The second kappa shape index (κ2) is 7.00. The van der Waals surface area contributed by atoms with E-state index in [-0.39, 0.29) is 17.4 Å². The summed E-state index contributed by atoms with van der Waals surface area (Å²) in [5, 5.41) is 3.73. The molecule has 1 N–H and O–H groups in total. The van der Waals surface area contributed by atoms with Gasteiger partial charge in [0.2, 0.25) is 0 Å². The Hall–Kier alpha value is -2.65. The molecule has 2 aromatic carbocycles. The van der Waals surface area contributed by atoms with Gasteiger partial charge in [0.1, 0.15) is 5.75 Å². The van der Waals surface area contributed by atoms with E-state index in [9.17, 15) is 13.2 Å². The first-order valence-corrected chi connectivity index (χ1v) is 12.0. The second-order valence-electron chi connectivity index (χ2n) is 7.19. The highest BCUT2D eigenvalue weighted by atomic mass is 32.2. The van der Waals surface area contributed by atoms with Crippen LogP contribution in [0.5, 0.6) is 5.75 Å². The fourth-order valence-corrected chi connectivity index (χ4v) is 5.76. The van der Waals surface area contributed by atoms with Crippen molar-refractivity contribution >= 4 is 48.1 Å². The lowest BCUT2D eigenvalue weighted by Crippen LogP contribution is -2.40. The lowest BCUT2D eigenvalue weighted by atomic mass is 10.1. The Kier molecular flexibility index (Phi) is 4.44. The van der Waals surface area contributed by atoms with Crippen molar-refractivity contribution in [2.24, 2.45) is 0 Å². The summed E-state index contributed by atoms with van der Waals surface area (Å²) < 4.78 is 29.7. The van der Waals surface area contributed by atoms with Gasteiger partial charge in [0, 0.05) is 30.8 Å². The van der Waals surface area contributed by atoms with Gasteiger partial charge in [0.05, 0.1) is 28.3 Å². The first kappa shape index (κ1) is 18.4. The molecule has 0 aliphatic carbocycles. The number of ether oxygens (including phenoxy) is 1. The van der Waals surface area contributed by atoms with Crippen LogP contribution in [-0.2, 0) is 16.3 Å². The zero-order valence-electron chi connectivity index (χ0n) is 15.6. The molecule has 1 fully saturated rings. The number of nitrogens with zero attached hydrogens (tertiary/aromatic N) is 2. The van der Waals surface area contributed by atoms with Crippen molar-refractivity contribution in [1.82, 2.24) is 4.98 Å². The van der Waals surface area contributed by atoms with Crippen molar-refractivity contribution in [3.8, 4) is 5.75 Å². The van der Waals surface area contributed by atoms with Crippen LogP contribution in [0.4, 0.5) is 10.8 Å². The third-order valence-electron chi connectivity index (χ3n) is 5.20. The SMILES string of the molecule is O=C(Nc1ccc2c(c1)CCO2)c1ccc2sc(N3CCS(=O)(=O)CC3)nc2c1. The summed E-state index contributed by atoms with van der Waals surface area (Å²) in [6, 6.07) is 11.1. The van der Waals surface area contributed by atoms with E-state index in [2.05, 4.69) is 10.3 Å². The maximum absolute atomic E-state index is 12.7. The highest BCUT2D eigenvalue weighted by Gasteiger charge is 2.24. The van der Waals surface area contributed by atoms with Gasteiger partial charge < -0.3 is 15.0 Å². The van der Waals surface area contributed by atoms with Crippen LogP contribution < -0.4 is 15.0 Å². The number of thiazole rings is 1. The predicted molar refractivity (Wildman–Crippen MR) is 114 cm³/mol. The van der Waals surface area contributed by atoms with Gasteiger partial charge in [-0.15, -0.1) is 0 Å². The zero-order chi connectivity index (χ0) is 20.0. The standard InChI is InChI=1S/C20H19N3O4S2/c24-19(21-15-2-3-17-13(11-15)5-8-27-17)14-1-4-18-16(12-14)22-20(28-18)23-6-9-29(25,26)10-7-23/h1-4,11-12H,5-10H2,(H,21,24). The monoisotopic (exact) mass is 429 g/mol. The third-order valence-corrected chi connectivity index (χ3v) is 7.91. The molecule has 0 spiro atoms. The van der Waals surface area contributed by atoms with Gasteiger partial charge in [-0.2, -0.15) is 0 Å². The molecule has 0 bridgehead atoms. The summed E-state index contributed by atoms with van der Waals surface area (Å²) in [6.07, 6.45) is 0.852. The topological polar surface area (TPSA) is 88.6 Å². The molecule has 2 aliphatic rings. The number of rotatable bonds is 3. The molecule has 3 aromatic rings. The summed E-state index contributed by atoms with van der Waals surface area (Å²) in [6.45, 7) is 1.59. The van der Waals surface area contributed by atoms with Crippen LogP contribution in [0, 0.1) is 0 Å². The molecule has 150 valence electrons. The van der Waals surface area contributed by atoms with E-state index >= 15 is 0 Å². The Morgan fingerprint density at radius 3 is 2.79 bits per heavy atom. The zero-order valence-corrected chi connectivity index (χ0v) is 17.2. The van der Waals surface area contributed by atoms with Crippen LogP contribution in [-0.4, -0.2) is 50.5 Å². The smallest absolute Gasteiger partial charge is 0.255 e. The molecule has 0 atom stereocenters. The number of carbonyl (C=O) groups excluding carboxylic acids is 1. The summed E-state index contributed by atoms with van der Waals surface area (Å²) in [5.41, 5.74) is 3.12. The van der Waals surface area contributed by atoms with Gasteiger partial charge in [0.25, 0.3) is 5.91 Å². The highest BCUT2D eigenvalue weighted by Crippen LogP contribution is 2.31. The number of carbonyl (C=O) groups is 1. The molecule has 1 aromatic heterocycles. The number of benzene rings is 2. The Morgan fingerprint density at radius 2 is 1.97 bits per heavy atom. The summed E-state index contributed by atoms with van der Waals surface area (Å²) in [5.74, 6) is 0.999. The van der Waals surface area contributed by atoms with E-state index in [1.54, 1.807) is 12.1 Å². The summed E-state index contributed by atoms with van der Waals surface area (Å²) in [4.78, 5) is 19.3. The maximum atomic E-state index is 12.7. The van der Waals surface area contributed by atoms with Gasteiger partial charge >= 0.3 is 0 Å². The maximum Gasteiger partial charge on any atom is 0.255 e. The Labute approximate surface area is 172 Å². The molecule has 0 unspecified atom stereocenters. The van der Waals surface area contributed by atoms with E-state index in [1.165, 1.54) is 11.3 Å². The van der Waals surface area contributed by atoms with Crippen molar-refractivity contribution in [2.75, 3.05) is 41.4 Å². The Morgan fingerprint density at radius 1 is 1.14 bits per heavy atom. The van der Waals surface area contributed by atoms with Gasteiger partial charge in [-0.05, 0) is 42.0 Å². The van der Waals surface area contributed by atoms with Gasteiger partial charge in [-0.3, -0.25) is 4.79 Å².